The summed E-state index contributed by atoms with van der Waals surface area (Å²) in [6, 6.07) is 29.0. The van der Waals surface area contributed by atoms with Crippen LogP contribution in [-0.4, -0.2) is 27.1 Å². The molecule has 1 amide bonds. The largest absolute Gasteiger partial charge is 0.455 e. The summed E-state index contributed by atoms with van der Waals surface area (Å²) in [5, 5.41) is 4.42. The predicted octanol–water partition coefficient (Wildman–Crippen LogP) is 5.04. The highest BCUT2D eigenvalue weighted by molar-refractivity contribution is 7.92. The normalized spacial score (nSPS) is 11.2. The van der Waals surface area contributed by atoms with Crippen LogP contribution in [0.5, 0.6) is 11.5 Å². The molecule has 0 saturated heterocycles. The maximum atomic E-state index is 12.9. The number of amides is 1. The third kappa shape index (κ3) is 4.90. The molecular weight excluding hydrogens is 424 g/mol. The van der Waals surface area contributed by atoms with Crippen molar-refractivity contribution in [2.45, 2.75) is 0 Å². The highest BCUT2D eigenvalue weighted by atomic mass is 32.2. The van der Waals surface area contributed by atoms with Crippen LogP contribution in [0.25, 0.3) is 10.8 Å². The van der Waals surface area contributed by atoms with Crippen molar-refractivity contribution < 1.29 is 17.9 Å². The summed E-state index contributed by atoms with van der Waals surface area (Å²) in [6.45, 7) is -0.369. The second-order valence-electron chi connectivity index (χ2n) is 7.23. The number of sulfonamides is 1. The maximum absolute atomic E-state index is 12.9. The first-order chi connectivity index (χ1) is 15.4. The Morgan fingerprint density at radius 3 is 2.28 bits per heavy atom. The molecule has 0 aliphatic carbocycles. The number of nitrogens with one attached hydrogen (secondary N) is 1. The fourth-order valence-corrected chi connectivity index (χ4v) is 4.27. The summed E-state index contributed by atoms with van der Waals surface area (Å²) in [4.78, 5) is 12.9. The average Bonchev–Trinajstić information content (AvgIpc) is 2.78. The van der Waals surface area contributed by atoms with Gasteiger partial charge in [-0.1, -0.05) is 66.7 Å². The summed E-state index contributed by atoms with van der Waals surface area (Å²) in [5.74, 6) is 0.610. The SMILES string of the molecule is CS(=O)(=O)N(CC(=O)Nc1ccccc1Oc1ccccc1)c1cccc2ccccc12. The van der Waals surface area contributed by atoms with E-state index in [-0.39, 0.29) is 6.54 Å². The lowest BCUT2D eigenvalue weighted by Gasteiger charge is -2.23. The van der Waals surface area contributed by atoms with Gasteiger partial charge in [0.25, 0.3) is 0 Å². The van der Waals surface area contributed by atoms with E-state index in [9.17, 15) is 13.2 Å². The predicted molar refractivity (Wildman–Crippen MR) is 128 cm³/mol. The molecule has 32 heavy (non-hydrogen) atoms. The molecule has 162 valence electrons. The van der Waals surface area contributed by atoms with Crippen LogP contribution >= 0.6 is 0 Å². The van der Waals surface area contributed by atoms with Crippen LogP contribution < -0.4 is 14.4 Å². The van der Waals surface area contributed by atoms with Gasteiger partial charge >= 0.3 is 0 Å². The Morgan fingerprint density at radius 2 is 1.50 bits per heavy atom. The molecule has 0 bridgehead atoms. The third-order valence-corrected chi connectivity index (χ3v) is 5.98. The number of carbonyl (C=O) groups excluding carboxylic acids is 1. The molecule has 4 aromatic carbocycles. The number of anilines is 2. The van der Waals surface area contributed by atoms with Crippen molar-refractivity contribution in [1.29, 1.82) is 0 Å². The third-order valence-electron chi connectivity index (χ3n) is 4.86. The zero-order valence-corrected chi connectivity index (χ0v) is 18.2. The first-order valence-electron chi connectivity index (χ1n) is 9.99. The Morgan fingerprint density at radius 1 is 0.844 bits per heavy atom. The average molecular weight is 447 g/mol. The molecule has 6 nitrogen and oxygen atoms in total. The van der Waals surface area contributed by atoms with Gasteiger partial charge in [0.05, 0.1) is 17.6 Å². The second kappa shape index (κ2) is 9.11. The van der Waals surface area contributed by atoms with Gasteiger partial charge in [-0.25, -0.2) is 8.42 Å². The van der Waals surface area contributed by atoms with E-state index in [0.29, 0.717) is 22.9 Å². The molecule has 0 radical (unpaired) electrons. The van der Waals surface area contributed by atoms with Gasteiger partial charge in [-0.2, -0.15) is 0 Å². The molecule has 4 aromatic rings. The molecule has 0 atom stereocenters. The van der Waals surface area contributed by atoms with Gasteiger partial charge in [-0.3, -0.25) is 9.10 Å². The van der Waals surface area contributed by atoms with Gasteiger partial charge in [-0.05, 0) is 35.7 Å². The molecule has 0 heterocycles. The molecule has 0 spiro atoms. The Kier molecular flexibility index (Phi) is 6.09. The molecule has 0 aliphatic rings. The van der Waals surface area contributed by atoms with Crippen LogP contribution in [0.15, 0.2) is 97.1 Å². The number of nitrogens with zero attached hydrogens (tertiary/aromatic N) is 1. The Balaban J connectivity index is 1.60. The molecule has 0 fully saturated rings. The van der Waals surface area contributed by atoms with E-state index < -0.39 is 15.9 Å². The summed E-state index contributed by atoms with van der Waals surface area (Å²) in [5.41, 5.74) is 0.905. The Hall–Kier alpha value is -3.84. The number of benzene rings is 4. The Labute approximate surface area is 187 Å². The smallest absolute Gasteiger partial charge is 0.245 e. The molecule has 0 aliphatic heterocycles. The first kappa shape index (κ1) is 21.4. The number of hydrogen-bond acceptors (Lipinski definition) is 4. The standard InChI is InChI=1S/C25H22N2O4S/c1-32(29,30)27(23-16-9-11-19-10-5-6-14-21(19)23)18-25(28)26-22-15-7-8-17-24(22)31-20-12-3-2-4-13-20/h2-17H,18H2,1H3,(H,26,28). The van der Waals surface area contributed by atoms with Crippen LogP contribution in [0.1, 0.15) is 0 Å². The second-order valence-corrected chi connectivity index (χ2v) is 9.13. The molecule has 4 rings (SSSR count). The van der Waals surface area contributed by atoms with Crippen molar-refractivity contribution in [3.05, 3.63) is 97.1 Å². The minimum absolute atomic E-state index is 0.369. The Bertz CT molecular complexity index is 1350. The number of hydrogen-bond donors (Lipinski definition) is 1. The molecule has 7 heteroatoms. The molecule has 1 N–H and O–H groups in total. The highest BCUT2D eigenvalue weighted by Gasteiger charge is 2.23. The van der Waals surface area contributed by atoms with Gasteiger partial charge in [0.15, 0.2) is 5.75 Å². The van der Waals surface area contributed by atoms with E-state index in [4.69, 9.17) is 4.74 Å². The summed E-state index contributed by atoms with van der Waals surface area (Å²) < 4.78 is 32.2. The van der Waals surface area contributed by atoms with E-state index >= 15 is 0 Å². The number of fused-ring (bicyclic) bond motifs is 1. The topological polar surface area (TPSA) is 75.7 Å². The lowest BCUT2D eigenvalue weighted by atomic mass is 10.1. The van der Waals surface area contributed by atoms with Gasteiger partial charge in [0.1, 0.15) is 12.3 Å². The van der Waals surface area contributed by atoms with Crippen molar-refractivity contribution in [2.75, 3.05) is 22.4 Å². The van der Waals surface area contributed by atoms with Gasteiger partial charge in [0, 0.05) is 5.39 Å². The van der Waals surface area contributed by atoms with Crippen LogP contribution in [0.2, 0.25) is 0 Å². The van der Waals surface area contributed by atoms with E-state index in [1.54, 1.807) is 36.4 Å². The van der Waals surface area contributed by atoms with Crippen molar-refractivity contribution in [1.82, 2.24) is 0 Å². The zero-order valence-electron chi connectivity index (χ0n) is 17.4. The highest BCUT2D eigenvalue weighted by Crippen LogP contribution is 2.30. The monoisotopic (exact) mass is 446 g/mol. The fourth-order valence-electron chi connectivity index (χ4n) is 3.40. The maximum Gasteiger partial charge on any atom is 0.245 e. The summed E-state index contributed by atoms with van der Waals surface area (Å²) in [6.07, 6.45) is 1.09. The van der Waals surface area contributed by atoms with E-state index in [1.807, 2.05) is 60.7 Å². The van der Waals surface area contributed by atoms with Crippen LogP contribution in [0.4, 0.5) is 11.4 Å². The van der Waals surface area contributed by atoms with Crippen LogP contribution in [0, 0.1) is 0 Å². The van der Waals surface area contributed by atoms with Crippen LogP contribution in [0.3, 0.4) is 0 Å². The fraction of sp³-hybridized carbons (Fsp3) is 0.0800. The number of rotatable bonds is 7. The van der Waals surface area contributed by atoms with E-state index in [0.717, 1.165) is 21.3 Å². The lowest BCUT2D eigenvalue weighted by Crippen LogP contribution is -2.37. The van der Waals surface area contributed by atoms with Crippen molar-refractivity contribution in [3.8, 4) is 11.5 Å². The van der Waals surface area contributed by atoms with E-state index in [1.165, 1.54) is 0 Å². The summed E-state index contributed by atoms with van der Waals surface area (Å²) >= 11 is 0. The molecule has 0 unspecified atom stereocenters. The molecular formula is C25H22N2O4S. The lowest BCUT2D eigenvalue weighted by molar-refractivity contribution is -0.114. The van der Waals surface area contributed by atoms with Crippen molar-refractivity contribution in [3.63, 3.8) is 0 Å². The van der Waals surface area contributed by atoms with Gasteiger partial charge in [0.2, 0.25) is 15.9 Å². The molecule has 0 aromatic heterocycles. The van der Waals surface area contributed by atoms with Crippen LogP contribution in [-0.2, 0) is 14.8 Å². The van der Waals surface area contributed by atoms with Crippen molar-refractivity contribution >= 4 is 38.1 Å². The number of para-hydroxylation sites is 3. The first-order valence-corrected chi connectivity index (χ1v) is 11.8. The number of carbonyl (C=O) groups is 1. The van der Waals surface area contributed by atoms with Gasteiger partial charge < -0.3 is 10.1 Å². The van der Waals surface area contributed by atoms with E-state index in [2.05, 4.69) is 5.32 Å². The van der Waals surface area contributed by atoms with Gasteiger partial charge in [-0.15, -0.1) is 0 Å². The molecule has 0 saturated carbocycles. The quantitative estimate of drug-likeness (QED) is 0.432. The number of ether oxygens (including phenoxy) is 1. The minimum atomic E-state index is -3.71. The zero-order chi connectivity index (χ0) is 22.6. The minimum Gasteiger partial charge on any atom is -0.455 e. The van der Waals surface area contributed by atoms with Crippen molar-refractivity contribution in [2.24, 2.45) is 0 Å². The summed E-state index contributed by atoms with van der Waals surface area (Å²) in [7, 11) is -3.71.